The topological polar surface area (TPSA) is 72.8 Å². The van der Waals surface area contributed by atoms with Gasteiger partial charge in [-0.15, -0.1) is 0 Å². The summed E-state index contributed by atoms with van der Waals surface area (Å²) in [6.07, 6.45) is 7.17. The number of hydrogen-bond donors (Lipinski definition) is 1. The van der Waals surface area contributed by atoms with Crippen LogP contribution in [0.15, 0.2) is 36.9 Å². The van der Waals surface area contributed by atoms with Crippen LogP contribution in [0.3, 0.4) is 0 Å². The standard InChI is InChI=1S/C14H14N4O2/c1-9(14(19)20-2)18-8-10(7-17-18)11-3-5-15-13-12(11)4-6-16-13/h3-9H,1-2H3,(H,15,16). The van der Waals surface area contributed by atoms with Crippen LogP contribution in [-0.2, 0) is 9.53 Å². The number of esters is 1. The molecule has 0 radical (unpaired) electrons. The molecule has 1 unspecified atom stereocenters. The molecule has 0 spiro atoms. The van der Waals surface area contributed by atoms with Crippen LogP contribution in [0.5, 0.6) is 0 Å². The molecule has 0 fully saturated rings. The molecule has 6 heteroatoms. The Morgan fingerprint density at radius 3 is 3.10 bits per heavy atom. The van der Waals surface area contributed by atoms with Gasteiger partial charge in [-0.1, -0.05) is 0 Å². The number of carbonyl (C=O) groups excluding carboxylic acids is 1. The van der Waals surface area contributed by atoms with E-state index < -0.39 is 6.04 Å². The number of nitrogens with one attached hydrogen (secondary N) is 1. The highest BCUT2D eigenvalue weighted by molar-refractivity contribution is 5.92. The molecule has 6 nitrogen and oxygen atoms in total. The number of aromatic nitrogens is 4. The third-order valence-electron chi connectivity index (χ3n) is 3.31. The molecule has 3 rings (SSSR count). The third kappa shape index (κ3) is 1.95. The van der Waals surface area contributed by atoms with Crippen molar-refractivity contribution in [3.05, 3.63) is 36.9 Å². The van der Waals surface area contributed by atoms with Gasteiger partial charge in [0.25, 0.3) is 0 Å². The van der Waals surface area contributed by atoms with Gasteiger partial charge in [-0.2, -0.15) is 5.10 Å². The normalized spacial score (nSPS) is 12.5. The summed E-state index contributed by atoms with van der Waals surface area (Å²) in [6, 6.07) is 3.45. The molecular weight excluding hydrogens is 256 g/mol. The minimum absolute atomic E-state index is 0.318. The molecule has 0 amide bonds. The van der Waals surface area contributed by atoms with Crippen LogP contribution < -0.4 is 0 Å². The Bertz CT molecular complexity index is 759. The van der Waals surface area contributed by atoms with Crippen molar-refractivity contribution in [2.75, 3.05) is 7.11 Å². The van der Waals surface area contributed by atoms with Gasteiger partial charge < -0.3 is 9.72 Å². The second kappa shape index (κ2) is 4.80. The van der Waals surface area contributed by atoms with Crippen molar-refractivity contribution in [2.24, 2.45) is 0 Å². The minimum atomic E-state index is -0.447. The molecule has 0 aromatic carbocycles. The Balaban J connectivity index is 2.02. The van der Waals surface area contributed by atoms with E-state index in [2.05, 4.69) is 15.1 Å². The monoisotopic (exact) mass is 270 g/mol. The van der Waals surface area contributed by atoms with Crippen molar-refractivity contribution in [1.82, 2.24) is 19.7 Å². The van der Waals surface area contributed by atoms with Crippen molar-refractivity contribution < 1.29 is 9.53 Å². The highest BCUT2D eigenvalue weighted by atomic mass is 16.5. The van der Waals surface area contributed by atoms with E-state index in [0.29, 0.717) is 0 Å². The largest absolute Gasteiger partial charge is 0.467 e. The third-order valence-corrected chi connectivity index (χ3v) is 3.31. The van der Waals surface area contributed by atoms with Gasteiger partial charge in [0.15, 0.2) is 0 Å². The molecule has 3 aromatic rings. The van der Waals surface area contributed by atoms with E-state index in [1.54, 1.807) is 24.0 Å². The summed E-state index contributed by atoms with van der Waals surface area (Å²) >= 11 is 0. The number of carbonyl (C=O) groups is 1. The fourth-order valence-electron chi connectivity index (χ4n) is 2.18. The van der Waals surface area contributed by atoms with Gasteiger partial charge in [-0.3, -0.25) is 4.68 Å². The Morgan fingerprint density at radius 1 is 1.45 bits per heavy atom. The average molecular weight is 270 g/mol. The second-order valence-corrected chi connectivity index (χ2v) is 4.51. The zero-order valence-electron chi connectivity index (χ0n) is 11.2. The number of methoxy groups -OCH3 is 1. The zero-order valence-corrected chi connectivity index (χ0v) is 11.2. The van der Waals surface area contributed by atoms with Gasteiger partial charge in [0, 0.05) is 29.5 Å². The molecule has 1 atom stereocenters. The number of hydrogen-bond acceptors (Lipinski definition) is 4. The molecular formula is C14H14N4O2. The molecule has 0 aliphatic heterocycles. The molecule has 0 aliphatic rings. The first-order valence-electron chi connectivity index (χ1n) is 6.25. The fourth-order valence-corrected chi connectivity index (χ4v) is 2.18. The quantitative estimate of drug-likeness (QED) is 0.740. The molecule has 3 aromatic heterocycles. The molecule has 0 saturated carbocycles. The predicted molar refractivity (Wildman–Crippen MR) is 74.0 cm³/mol. The predicted octanol–water partition coefficient (Wildman–Crippen LogP) is 2.16. The number of H-pyrrole nitrogens is 1. The number of fused-ring (bicyclic) bond motifs is 1. The van der Waals surface area contributed by atoms with E-state index in [1.807, 2.05) is 24.5 Å². The molecule has 0 bridgehead atoms. The van der Waals surface area contributed by atoms with E-state index in [9.17, 15) is 4.79 Å². The Hall–Kier alpha value is -2.63. The maximum Gasteiger partial charge on any atom is 0.330 e. The van der Waals surface area contributed by atoms with E-state index in [-0.39, 0.29) is 5.97 Å². The number of aromatic amines is 1. The van der Waals surface area contributed by atoms with Crippen molar-refractivity contribution in [3.8, 4) is 11.1 Å². The average Bonchev–Trinajstić information content (AvgIpc) is 3.13. The Labute approximate surface area is 115 Å². The maximum absolute atomic E-state index is 11.5. The van der Waals surface area contributed by atoms with E-state index >= 15 is 0 Å². The molecule has 0 aliphatic carbocycles. The van der Waals surface area contributed by atoms with Crippen LogP contribution in [0.4, 0.5) is 0 Å². The van der Waals surface area contributed by atoms with Crippen molar-refractivity contribution in [2.45, 2.75) is 13.0 Å². The lowest BCUT2D eigenvalue weighted by Gasteiger charge is -2.08. The van der Waals surface area contributed by atoms with Crippen molar-refractivity contribution in [1.29, 1.82) is 0 Å². The van der Waals surface area contributed by atoms with Crippen LogP contribution in [0.25, 0.3) is 22.2 Å². The Kier molecular flexibility index (Phi) is 2.98. The zero-order chi connectivity index (χ0) is 14.1. The maximum atomic E-state index is 11.5. The van der Waals surface area contributed by atoms with Crippen LogP contribution in [0, 0.1) is 0 Å². The summed E-state index contributed by atoms with van der Waals surface area (Å²) in [5.74, 6) is -0.318. The van der Waals surface area contributed by atoms with E-state index in [4.69, 9.17) is 4.74 Å². The fraction of sp³-hybridized carbons (Fsp3) is 0.214. The first-order valence-corrected chi connectivity index (χ1v) is 6.25. The van der Waals surface area contributed by atoms with Crippen molar-refractivity contribution in [3.63, 3.8) is 0 Å². The van der Waals surface area contributed by atoms with Gasteiger partial charge in [-0.05, 0) is 24.6 Å². The SMILES string of the molecule is COC(=O)C(C)n1cc(-c2ccnc3[nH]ccc23)cn1. The smallest absolute Gasteiger partial charge is 0.330 e. The second-order valence-electron chi connectivity index (χ2n) is 4.51. The number of rotatable bonds is 3. The lowest BCUT2D eigenvalue weighted by Crippen LogP contribution is -2.17. The lowest BCUT2D eigenvalue weighted by molar-refractivity contribution is -0.144. The minimum Gasteiger partial charge on any atom is -0.467 e. The van der Waals surface area contributed by atoms with Gasteiger partial charge in [0.05, 0.1) is 13.3 Å². The van der Waals surface area contributed by atoms with Crippen LogP contribution in [0.1, 0.15) is 13.0 Å². The molecule has 102 valence electrons. The summed E-state index contributed by atoms with van der Waals surface area (Å²) in [5.41, 5.74) is 2.79. The first-order chi connectivity index (χ1) is 9.70. The van der Waals surface area contributed by atoms with Gasteiger partial charge in [0.2, 0.25) is 0 Å². The lowest BCUT2D eigenvalue weighted by atomic mass is 10.1. The first kappa shape index (κ1) is 12.4. The molecule has 3 heterocycles. The number of nitrogens with zero attached hydrogens (tertiary/aromatic N) is 3. The molecule has 1 N–H and O–H groups in total. The number of ether oxygens (including phenoxy) is 1. The van der Waals surface area contributed by atoms with Crippen LogP contribution in [-0.4, -0.2) is 32.8 Å². The van der Waals surface area contributed by atoms with Gasteiger partial charge in [-0.25, -0.2) is 9.78 Å². The summed E-state index contributed by atoms with van der Waals surface area (Å²) in [4.78, 5) is 18.9. The highest BCUT2D eigenvalue weighted by Crippen LogP contribution is 2.27. The van der Waals surface area contributed by atoms with Crippen LogP contribution >= 0.6 is 0 Å². The Morgan fingerprint density at radius 2 is 2.30 bits per heavy atom. The summed E-state index contributed by atoms with van der Waals surface area (Å²) in [6.45, 7) is 1.75. The summed E-state index contributed by atoms with van der Waals surface area (Å²) in [7, 11) is 1.37. The van der Waals surface area contributed by atoms with Crippen LogP contribution in [0.2, 0.25) is 0 Å². The molecule has 20 heavy (non-hydrogen) atoms. The van der Waals surface area contributed by atoms with E-state index in [1.165, 1.54) is 7.11 Å². The van der Waals surface area contributed by atoms with Gasteiger partial charge >= 0.3 is 5.97 Å². The van der Waals surface area contributed by atoms with E-state index in [0.717, 1.165) is 22.2 Å². The van der Waals surface area contributed by atoms with Crippen molar-refractivity contribution >= 4 is 17.0 Å². The molecule has 0 saturated heterocycles. The highest BCUT2D eigenvalue weighted by Gasteiger charge is 2.17. The van der Waals surface area contributed by atoms with Gasteiger partial charge in [0.1, 0.15) is 11.7 Å². The number of pyridine rings is 1. The summed E-state index contributed by atoms with van der Waals surface area (Å²) < 4.78 is 6.32. The summed E-state index contributed by atoms with van der Waals surface area (Å²) in [5, 5.41) is 5.26.